The average molecular weight is 254 g/mol. The van der Waals surface area contributed by atoms with Crippen LogP contribution in [0.2, 0.25) is 5.15 Å². The van der Waals surface area contributed by atoms with E-state index in [2.05, 4.69) is 20.9 Å². The Morgan fingerprint density at radius 2 is 2.42 bits per heavy atom. The number of nitrogens with zero attached hydrogens (tertiary/aromatic N) is 1. The Kier molecular flexibility index (Phi) is 3.43. The predicted molar refractivity (Wildman–Crippen MR) is 49.9 cm³/mol. The first-order chi connectivity index (χ1) is 5.65. The monoisotopic (exact) mass is 252 g/mol. The van der Waals surface area contributed by atoms with Gasteiger partial charge in [-0.2, -0.15) is 0 Å². The molecule has 1 aromatic rings. The van der Waals surface area contributed by atoms with Crippen molar-refractivity contribution < 1.29 is 4.39 Å². The molecule has 1 unspecified atom stereocenters. The number of hydrogen-bond acceptors (Lipinski definition) is 2. The quantitative estimate of drug-likeness (QED) is 0.822. The van der Waals surface area contributed by atoms with E-state index in [9.17, 15) is 4.39 Å². The highest BCUT2D eigenvalue weighted by Gasteiger charge is 2.12. The zero-order valence-electron chi connectivity index (χ0n) is 6.10. The summed E-state index contributed by atoms with van der Waals surface area (Å²) in [6.45, 7) is -0.0855. The first-order valence-electron chi connectivity index (χ1n) is 3.30. The van der Waals surface area contributed by atoms with Gasteiger partial charge in [-0.3, -0.25) is 0 Å². The summed E-state index contributed by atoms with van der Waals surface area (Å²) in [4.78, 5) is 3.77. The van der Waals surface area contributed by atoms with Crippen LogP contribution in [0.15, 0.2) is 16.7 Å². The lowest BCUT2D eigenvalue weighted by Gasteiger charge is -2.06. The molecule has 0 radical (unpaired) electrons. The van der Waals surface area contributed by atoms with Gasteiger partial charge in [0.25, 0.3) is 0 Å². The van der Waals surface area contributed by atoms with Crippen molar-refractivity contribution in [2.45, 2.75) is 6.17 Å². The van der Waals surface area contributed by atoms with Crippen molar-refractivity contribution in [1.29, 1.82) is 0 Å². The molecule has 1 aromatic heterocycles. The SMILES string of the molecule is NCC(F)c1cc(Br)cnc1Cl. The lowest BCUT2D eigenvalue weighted by molar-refractivity contribution is 0.352. The summed E-state index contributed by atoms with van der Waals surface area (Å²) < 4.78 is 13.7. The van der Waals surface area contributed by atoms with Crippen LogP contribution >= 0.6 is 27.5 Å². The van der Waals surface area contributed by atoms with E-state index in [4.69, 9.17) is 17.3 Å². The van der Waals surface area contributed by atoms with E-state index in [1.807, 2.05) is 0 Å². The third-order valence-corrected chi connectivity index (χ3v) is 2.13. The second kappa shape index (κ2) is 4.16. The fourth-order valence-corrected chi connectivity index (χ4v) is 1.36. The molecule has 0 aliphatic carbocycles. The van der Waals surface area contributed by atoms with Crippen LogP contribution in [0.5, 0.6) is 0 Å². The summed E-state index contributed by atoms with van der Waals surface area (Å²) in [7, 11) is 0. The van der Waals surface area contributed by atoms with Crippen LogP contribution < -0.4 is 5.73 Å². The Morgan fingerprint density at radius 3 is 3.00 bits per heavy atom. The lowest BCUT2D eigenvalue weighted by atomic mass is 10.2. The molecule has 0 fully saturated rings. The lowest BCUT2D eigenvalue weighted by Crippen LogP contribution is -2.08. The fourth-order valence-electron chi connectivity index (χ4n) is 0.785. The van der Waals surface area contributed by atoms with Crippen LogP contribution in [0, 0.1) is 0 Å². The number of alkyl halides is 1. The third-order valence-electron chi connectivity index (χ3n) is 1.38. The van der Waals surface area contributed by atoms with Gasteiger partial charge in [-0.1, -0.05) is 11.6 Å². The number of aromatic nitrogens is 1. The molecular weight excluding hydrogens is 246 g/mol. The smallest absolute Gasteiger partial charge is 0.140 e. The molecule has 0 spiro atoms. The van der Waals surface area contributed by atoms with Crippen LogP contribution in [0.3, 0.4) is 0 Å². The van der Waals surface area contributed by atoms with Crippen molar-refractivity contribution in [3.8, 4) is 0 Å². The summed E-state index contributed by atoms with van der Waals surface area (Å²) in [6.07, 6.45) is 0.261. The van der Waals surface area contributed by atoms with E-state index in [0.717, 1.165) is 0 Å². The molecule has 66 valence electrons. The summed E-state index contributed by atoms with van der Waals surface area (Å²) >= 11 is 8.81. The maximum absolute atomic E-state index is 13.0. The van der Waals surface area contributed by atoms with Crippen LogP contribution in [-0.2, 0) is 0 Å². The van der Waals surface area contributed by atoms with E-state index in [-0.39, 0.29) is 11.7 Å². The van der Waals surface area contributed by atoms with Crippen molar-refractivity contribution in [1.82, 2.24) is 4.98 Å². The van der Waals surface area contributed by atoms with Crippen LogP contribution in [0.25, 0.3) is 0 Å². The molecule has 0 bridgehead atoms. The highest BCUT2D eigenvalue weighted by molar-refractivity contribution is 9.10. The largest absolute Gasteiger partial charge is 0.327 e. The molecule has 0 aliphatic heterocycles. The minimum absolute atomic E-state index is 0.0855. The topological polar surface area (TPSA) is 38.9 Å². The average Bonchev–Trinajstić information content (AvgIpc) is 2.08. The zero-order valence-corrected chi connectivity index (χ0v) is 8.44. The normalized spacial score (nSPS) is 13.0. The molecule has 1 heterocycles. The van der Waals surface area contributed by atoms with Gasteiger partial charge >= 0.3 is 0 Å². The maximum atomic E-state index is 13.0. The number of pyridine rings is 1. The zero-order chi connectivity index (χ0) is 9.14. The first-order valence-corrected chi connectivity index (χ1v) is 4.47. The molecule has 1 rings (SSSR count). The van der Waals surface area contributed by atoms with E-state index in [1.165, 1.54) is 6.20 Å². The van der Waals surface area contributed by atoms with Gasteiger partial charge in [-0.05, 0) is 22.0 Å². The van der Waals surface area contributed by atoms with E-state index >= 15 is 0 Å². The van der Waals surface area contributed by atoms with Gasteiger partial charge in [0, 0.05) is 22.8 Å². The highest BCUT2D eigenvalue weighted by atomic mass is 79.9. The number of nitrogens with two attached hydrogens (primary N) is 1. The number of halogens is 3. The van der Waals surface area contributed by atoms with Gasteiger partial charge in [-0.25, -0.2) is 9.37 Å². The van der Waals surface area contributed by atoms with Crippen LogP contribution in [-0.4, -0.2) is 11.5 Å². The highest BCUT2D eigenvalue weighted by Crippen LogP contribution is 2.25. The predicted octanol–water partition coefficient (Wildman–Crippen LogP) is 2.47. The summed E-state index contributed by atoms with van der Waals surface area (Å²) in [5.41, 5.74) is 5.47. The summed E-state index contributed by atoms with van der Waals surface area (Å²) in [5, 5.41) is 0.163. The molecular formula is C7H7BrClFN2. The minimum atomic E-state index is -1.25. The second-order valence-electron chi connectivity index (χ2n) is 2.24. The van der Waals surface area contributed by atoms with Gasteiger partial charge < -0.3 is 5.73 Å². The van der Waals surface area contributed by atoms with Gasteiger partial charge in [-0.15, -0.1) is 0 Å². The molecule has 12 heavy (non-hydrogen) atoms. The van der Waals surface area contributed by atoms with Crippen molar-refractivity contribution >= 4 is 27.5 Å². The molecule has 0 aromatic carbocycles. The van der Waals surface area contributed by atoms with E-state index in [0.29, 0.717) is 10.0 Å². The van der Waals surface area contributed by atoms with Crippen molar-refractivity contribution in [3.05, 3.63) is 27.5 Å². The standard InChI is InChI=1S/C7H7BrClFN2/c8-4-1-5(6(10)2-11)7(9)12-3-4/h1,3,6H,2,11H2. The first kappa shape index (κ1) is 9.89. The minimum Gasteiger partial charge on any atom is -0.327 e. The Morgan fingerprint density at radius 1 is 1.75 bits per heavy atom. The third kappa shape index (κ3) is 2.15. The molecule has 1 atom stereocenters. The maximum Gasteiger partial charge on any atom is 0.140 e. The van der Waals surface area contributed by atoms with Gasteiger partial charge in [0.1, 0.15) is 11.3 Å². The van der Waals surface area contributed by atoms with E-state index < -0.39 is 6.17 Å². The molecule has 2 N–H and O–H groups in total. The van der Waals surface area contributed by atoms with Gasteiger partial charge in [0.15, 0.2) is 0 Å². The van der Waals surface area contributed by atoms with Crippen LogP contribution in [0.4, 0.5) is 4.39 Å². The molecule has 2 nitrogen and oxygen atoms in total. The van der Waals surface area contributed by atoms with Crippen molar-refractivity contribution in [2.75, 3.05) is 6.54 Å². The van der Waals surface area contributed by atoms with Crippen molar-refractivity contribution in [2.24, 2.45) is 5.73 Å². The Labute approximate surface area is 83.1 Å². The summed E-state index contributed by atoms with van der Waals surface area (Å²) in [5.74, 6) is 0. The Bertz CT molecular complexity index is 282. The van der Waals surface area contributed by atoms with Crippen LogP contribution in [0.1, 0.15) is 11.7 Å². The molecule has 0 amide bonds. The van der Waals surface area contributed by atoms with E-state index in [1.54, 1.807) is 6.07 Å². The second-order valence-corrected chi connectivity index (χ2v) is 3.51. The molecule has 5 heteroatoms. The molecule has 0 saturated carbocycles. The number of hydrogen-bond donors (Lipinski definition) is 1. The van der Waals surface area contributed by atoms with Gasteiger partial charge in [0.2, 0.25) is 0 Å². The molecule has 0 aliphatic rings. The molecule has 0 saturated heterocycles. The van der Waals surface area contributed by atoms with Gasteiger partial charge in [0.05, 0.1) is 0 Å². The van der Waals surface area contributed by atoms with Crippen molar-refractivity contribution in [3.63, 3.8) is 0 Å². The number of rotatable bonds is 2. The fraction of sp³-hybridized carbons (Fsp3) is 0.286. The Hall–Kier alpha value is -0.190. The summed E-state index contributed by atoms with van der Waals surface area (Å²) in [6, 6.07) is 1.58. The Balaban J connectivity index is 3.04.